The molecule has 3 amide bonds. The summed E-state index contributed by atoms with van der Waals surface area (Å²) in [6, 6.07) is 7.72. The number of rotatable bonds is 2. The quantitative estimate of drug-likeness (QED) is 0.850. The van der Waals surface area contributed by atoms with Crippen LogP contribution in [0.3, 0.4) is 0 Å². The number of imide groups is 1. The highest BCUT2D eigenvalue weighted by Gasteiger charge is 2.51. The van der Waals surface area contributed by atoms with E-state index in [0.29, 0.717) is 12.5 Å². The first-order chi connectivity index (χ1) is 10.00. The molecule has 0 atom stereocenters. The van der Waals surface area contributed by atoms with E-state index in [1.54, 1.807) is 0 Å². The second kappa shape index (κ2) is 5.17. The molecule has 1 N–H and O–H groups in total. The Hall–Kier alpha value is -1.84. The van der Waals surface area contributed by atoms with E-state index in [2.05, 4.69) is 12.2 Å². The van der Waals surface area contributed by atoms with Crippen LogP contribution in [-0.4, -0.2) is 22.4 Å². The van der Waals surface area contributed by atoms with Crippen LogP contribution in [-0.2, 0) is 11.3 Å². The molecule has 1 heterocycles. The summed E-state index contributed by atoms with van der Waals surface area (Å²) >= 11 is 0. The van der Waals surface area contributed by atoms with Crippen molar-refractivity contribution in [1.82, 2.24) is 10.2 Å². The SMILES string of the molecule is Cc1cccc(CN2C(=O)NC3(CCC(C)CC3)C2=O)c1. The average molecular weight is 286 g/mol. The molecule has 1 saturated carbocycles. The Morgan fingerprint density at radius 2 is 2.00 bits per heavy atom. The minimum atomic E-state index is -0.632. The maximum absolute atomic E-state index is 12.7. The third-order valence-corrected chi connectivity index (χ3v) is 4.80. The van der Waals surface area contributed by atoms with Crippen molar-refractivity contribution in [3.8, 4) is 0 Å². The summed E-state index contributed by atoms with van der Waals surface area (Å²) in [5, 5.41) is 2.96. The third-order valence-electron chi connectivity index (χ3n) is 4.80. The van der Waals surface area contributed by atoms with Gasteiger partial charge in [0, 0.05) is 0 Å². The molecule has 0 unspecified atom stereocenters. The van der Waals surface area contributed by atoms with Crippen molar-refractivity contribution in [2.45, 2.75) is 51.6 Å². The second-order valence-electron chi connectivity index (χ2n) is 6.58. The Morgan fingerprint density at radius 3 is 2.67 bits per heavy atom. The Labute approximate surface area is 125 Å². The normalized spacial score (nSPS) is 29.0. The van der Waals surface area contributed by atoms with Gasteiger partial charge in [0.05, 0.1) is 6.54 Å². The van der Waals surface area contributed by atoms with Crippen molar-refractivity contribution < 1.29 is 9.59 Å². The van der Waals surface area contributed by atoms with E-state index in [1.807, 2.05) is 31.2 Å². The van der Waals surface area contributed by atoms with Crippen molar-refractivity contribution in [2.24, 2.45) is 5.92 Å². The maximum Gasteiger partial charge on any atom is 0.325 e. The Kier molecular flexibility index (Phi) is 3.47. The number of aryl methyl sites for hydroxylation is 1. The van der Waals surface area contributed by atoms with E-state index in [0.717, 1.165) is 36.8 Å². The van der Waals surface area contributed by atoms with E-state index >= 15 is 0 Å². The summed E-state index contributed by atoms with van der Waals surface area (Å²) in [4.78, 5) is 26.3. The molecule has 1 saturated heterocycles. The summed E-state index contributed by atoms with van der Waals surface area (Å²) < 4.78 is 0. The van der Waals surface area contributed by atoms with Crippen LogP contribution in [0.2, 0.25) is 0 Å². The van der Waals surface area contributed by atoms with Gasteiger partial charge in [-0.05, 0) is 44.1 Å². The summed E-state index contributed by atoms with van der Waals surface area (Å²) in [5.41, 5.74) is 1.51. The highest BCUT2D eigenvalue weighted by Crippen LogP contribution is 2.36. The summed E-state index contributed by atoms with van der Waals surface area (Å²) in [5.74, 6) is 0.604. The highest BCUT2D eigenvalue weighted by molar-refractivity contribution is 6.07. The fourth-order valence-corrected chi connectivity index (χ4v) is 3.41. The fraction of sp³-hybridized carbons (Fsp3) is 0.529. The predicted molar refractivity (Wildman–Crippen MR) is 80.6 cm³/mol. The molecule has 0 bridgehead atoms. The molecule has 112 valence electrons. The van der Waals surface area contributed by atoms with Crippen LogP contribution in [0.15, 0.2) is 24.3 Å². The van der Waals surface area contributed by atoms with Gasteiger partial charge < -0.3 is 5.32 Å². The minimum absolute atomic E-state index is 0.0408. The number of hydrogen-bond donors (Lipinski definition) is 1. The lowest BCUT2D eigenvalue weighted by Gasteiger charge is -2.33. The zero-order chi connectivity index (χ0) is 15.0. The lowest BCUT2D eigenvalue weighted by Crippen LogP contribution is -2.49. The number of carbonyl (C=O) groups excluding carboxylic acids is 2. The van der Waals surface area contributed by atoms with Gasteiger partial charge in [0.1, 0.15) is 5.54 Å². The molecule has 1 spiro atoms. The number of carbonyl (C=O) groups is 2. The first kappa shape index (κ1) is 14.1. The van der Waals surface area contributed by atoms with Gasteiger partial charge in [0.25, 0.3) is 5.91 Å². The molecular formula is C17H22N2O2. The van der Waals surface area contributed by atoms with Gasteiger partial charge in [-0.25, -0.2) is 4.79 Å². The van der Waals surface area contributed by atoms with E-state index in [1.165, 1.54) is 4.90 Å². The molecular weight excluding hydrogens is 264 g/mol. The summed E-state index contributed by atoms with van der Waals surface area (Å²) in [6.07, 6.45) is 3.54. The topological polar surface area (TPSA) is 49.4 Å². The number of nitrogens with one attached hydrogen (secondary N) is 1. The van der Waals surface area contributed by atoms with E-state index < -0.39 is 5.54 Å². The first-order valence-electron chi connectivity index (χ1n) is 7.70. The molecule has 0 aromatic heterocycles. The molecule has 0 radical (unpaired) electrons. The fourth-order valence-electron chi connectivity index (χ4n) is 3.41. The van der Waals surface area contributed by atoms with Gasteiger partial charge >= 0.3 is 6.03 Å². The highest BCUT2D eigenvalue weighted by atomic mass is 16.2. The lowest BCUT2D eigenvalue weighted by molar-refractivity contribution is -0.133. The molecule has 2 aliphatic rings. The van der Waals surface area contributed by atoms with Crippen molar-refractivity contribution in [1.29, 1.82) is 0 Å². The molecule has 4 heteroatoms. The van der Waals surface area contributed by atoms with Crippen LogP contribution in [0.1, 0.15) is 43.7 Å². The molecule has 21 heavy (non-hydrogen) atoms. The van der Waals surface area contributed by atoms with Crippen LogP contribution in [0.5, 0.6) is 0 Å². The Balaban J connectivity index is 1.78. The number of urea groups is 1. The smallest absolute Gasteiger partial charge is 0.323 e. The van der Waals surface area contributed by atoms with Crippen molar-refractivity contribution in [3.05, 3.63) is 35.4 Å². The van der Waals surface area contributed by atoms with Crippen molar-refractivity contribution >= 4 is 11.9 Å². The Bertz CT molecular complexity index is 574. The monoisotopic (exact) mass is 286 g/mol. The number of hydrogen-bond acceptors (Lipinski definition) is 2. The van der Waals surface area contributed by atoms with Gasteiger partial charge in [-0.15, -0.1) is 0 Å². The standard InChI is InChI=1S/C17H22N2O2/c1-12-6-8-17(9-7-12)15(20)19(16(21)18-17)11-14-5-3-4-13(2)10-14/h3-5,10,12H,6-9,11H2,1-2H3,(H,18,21). The first-order valence-corrected chi connectivity index (χ1v) is 7.70. The number of nitrogens with zero attached hydrogens (tertiary/aromatic N) is 1. The number of amides is 3. The van der Waals surface area contributed by atoms with Crippen molar-refractivity contribution in [3.63, 3.8) is 0 Å². The van der Waals surface area contributed by atoms with Gasteiger partial charge in [0.2, 0.25) is 0 Å². The van der Waals surface area contributed by atoms with Gasteiger partial charge in [-0.3, -0.25) is 9.69 Å². The van der Waals surface area contributed by atoms with E-state index in [9.17, 15) is 9.59 Å². The number of benzene rings is 1. The van der Waals surface area contributed by atoms with E-state index in [-0.39, 0.29) is 11.9 Å². The molecule has 2 fully saturated rings. The zero-order valence-electron chi connectivity index (χ0n) is 12.7. The maximum atomic E-state index is 12.7. The summed E-state index contributed by atoms with van der Waals surface area (Å²) in [7, 11) is 0. The van der Waals surface area contributed by atoms with Gasteiger partial charge in [-0.2, -0.15) is 0 Å². The Morgan fingerprint density at radius 1 is 1.29 bits per heavy atom. The molecule has 1 aliphatic carbocycles. The van der Waals surface area contributed by atoms with Crippen LogP contribution in [0, 0.1) is 12.8 Å². The zero-order valence-corrected chi connectivity index (χ0v) is 12.7. The second-order valence-corrected chi connectivity index (χ2v) is 6.58. The van der Waals surface area contributed by atoms with Crippen LogP contribution in [0.25, 0.3) is 0 Å². The molecule has 1 aromatic rings. The predicted octanol–water partition coefficient (Wildman–Crippen LogP) is 3.00. The third kappa shape index (κ3) is 2.55. The largest absolute Gasteiger partial charge is 0.325 e. The van der Waals surface area contributed by atoms with Gasteiger partial charge in [0.15, 0.2) is 0 Å². The van der Waals surface area contributed by atoms with Gasteiger partial charge in [-0.1, -0.05) is 36.8 Å². The van der Waals surface area contributed by atoms with Crippen LogP contribution >= 0.6 is 0 Å². The van der Waals surface area contributed by atoms with Crippen molar-refractivity contribution in [2.75, 3.05) is 0 Å². The molecule has 4 nitrogen and oxygen atoms in total. The molecule has 1 aromatic carbocycles. The average Bonchev–Trinajstić information content (AvgIpc) is 2.67. The van der Waals surface area contributed by atoms with Crippen LogP contribution < -0.4 is 5.32 Å². The minimum Gasteiger partial charge on any atom is -0.323 e. The molecule has 3 rings (SSSR count). The summed E-state index contributed by atoms with van der Waals surface area (Å²) in [6.45, 7) is 4.58. The van der Waals surface area contributed by atoms with Crippen LogP contribution in [0.4, 0.5) is 4.79 Å². The lowest BCUT2D eigenvalue weighted by atomic mass is 9.77. The van der Waals surface area contributed by atoms with E-state index in [4.69, 9.17) is 0 Å². The molecule has 1 aliphatic heterocycles.